The molecule has 0 unspecified atom stereocenters. The molecule has 0 spiro atoms. The highest BCUT2D eigenvalue weighted by Gasteiger charge is 2.10. The molecule has 0 atom stereocenters. The molecule has 0 fully saturated rings. The molecule has 0 bridgehead atoms. The van der Waals surface area contributed by atoms with Gasteiger partial charge in [-0.15, -0.1) is 0 Å². The lowest BCUT2D eigenvalue weighted by atomic mass is 10.2. The number of halogens is 4. The van der Waals surface area contributed by atoms with Crippen LogP contribution in [0.3, 0.4) is 0 Å². The number of benzene rings is 1. The maximum absolute atomic E-state index is 12.8. The van der Waals surface area contributed by atoms with Gasteiger partial charge in [-0.25, -0.2) is 4.39 Å². The Morgan fingerprint density at radius 3 is 2.33 bits per heavy atom. The molecule has 1 aromatic rings. The molecule has 0 saturated heterocycles. The Balaban J connectivity index is 3.31. The first-order valence-corrected chi connectivity index (χ1v) is 4.00. The van der Waals surface area contributed by atoms with Gasteiger partial charge in [0.15, 0.2) is 0 Å². The number of hydrogen-bond donors (Lipinski definition) is 0. The standard InChI is InChI=1S/C7H2Cl3FO/c8-4-1-3(7(10)12)2-5(11)6(4)9/h1-2H. The van der Waals surface area contributed by atoms with E-state index < -0.39 is 11.1 Å². The first-order chi connectivity index (χ1) is 5.52. The largest absolute Gasteiger partial charge is 0.276 e. The van der Waals surface area contributed by atoms with Crippen molar-refractivity contribution in [3.63, 3.8) is 0 Å². The second-order valence-corrected chi connectivity index (χ2v) is 3.16. The van der Waals surface area contributed by atoms with E-state index >= 15 is 0 Å². The summed E-state index contributed by atoms with van der Waals surface area (Å²) < 4.78 is 12.8. The molecule has 0 aliphatic heterocycles. The van der Waals surface area contributed by atoms with E-state index in [4.69, 9.17) is 34.8 Å². The van der Waals surface area contributed by atoms with Crippen LogP contribution < -0.4 is 0 Å². The van der Waals surface area contributed by atoms with Crippen LogP contribution in [0.1, 0.15) is 10.4 Å². The van der Waals surface area contributed by atoms with Gasteiger partial charge in [0.1, 0.15) is 5.82 Å². The zero-order valence-electron chi connectivity index (χ0n) is 5.57. The first kappa shape index (κ1) is 9.78. The van der Waals surface area contributed by atoms with Gasteiger partial charge in [-0.3, -0.25) is 4.79 Å². The molecular weight excluding hydrogens is 225 g/mol. The Hall–Kier alpha value is -0.310. The fourth-order valence-corrected chi connectivity index (χ4v) is 1.10. The van der Waals surface area contributed by atoms with E-state index in [1.165, 1.54) is 6.07 Å². The normalized spacial score (nSPS) is 10.0. The maximum atomic E-state index is 12.8. The van der Waals surface area contributed by atoms with E-state index in [0.717, 1.165) is 6.07 Å². The van der Waals surface area contributed by atoms with E-state index in [2.05, 4.69) is 0 Å². The van der Waals surface area contributed by atoms with E-state index in [1.807, 2.05) is 0 Å². The van der Waals surface area contributed by atoms with Crippen LogP contribution in [-0.2, 0) is 0 Å². The molecule has 0 heterocycles. The van der Waals surface area contributed by atoms with Crippen molar-refractivity contribution in [2.24, 2.45) is 0 Å². The van der Waals surface area contributed by atoms with Crippen LogP contribution >= 0.6 is 34.8 Å². The van der Waals surface area contributed by atoms with E-state index in [0.29, 0.717) is 0 Å². The van der Waals surface area contributed by atoms with Crippen LogP contribution in [0.15, 0.2) is 12.1 Å². The van der Waals surface area contributed by atoms with Gasteiger partial charge in [0.2, 0.25) is 0 Å². The zero-order chi connectivity index (χ0) is 9.30. The van der Waals surface area contributed by atoms with Crippen molar-refractivity contribution in [2.75, 3.05) is 0 Å². The highest BCUT2D eigenvalue weighted by atomic mass is 35.5. The Morgan fingerprint density at radius 1 is 1.33 bits per heavy atom. The van der Waals surface area contributed by atoms with Gasteiger partial charge < -0.3 is 0 Å². The number of carbonyl (C=O) groups is 1. The van der Waals surface area contributed by atoms with Crippen LogP contribution in [0.4, 0.5) is 4.39 Å². The second kappa shape index (κ2) is 3.60. The number of carbonyl (C=O) groups excluding carboxylic acids is 1. The summed E-state index contributed by atoms with van der Waals surface area (Å²) in [5.74, 6) is -0.756. The quantitative estimate of drug-likeness (QED) is 0.530. The third-order valence-electron chi connectivity index (χ3n) is 1.21. The predicted molar refractivity (Wildman–Crippen MR) is 46.6 cm³/mol. The Morgan fingerprint density at radius 2 is 1.92 bits per heavy atom. The fraction of sp³-hybridized carbons (Fsp3) is 0. The topological polar surface area (TPSA) is 17.1 Å². The lowest BCUT2D eigenvalue weighted by molar-refractivity contribution is 0.108. The van der Waals surface area contributed by atoms with Crippen molar-refractivity contribution in [3.8, 4) is 0 Å². The molecule has 0 amide bonds. The van der Waals surface area contributed by atoms with Gasteiger partial charge in [-0.1, -0.05) is 23.2 Å². The predicted octanol–water partition coefficient (Wildman–Crippen LogP) is 3.51. The van der Waals surface area contributed by atoms with Gasteiger partial charge >= 0.3 is 0 Å². The summed E-state index contributed by atoms with van der Waals surface area (Å²) in [6.45, 7) is 0. The highest BCUT2D eigenvalue weighted by molar-refractivity contribution is 6.67. The molecule has 0 radical (unpaired) electrons. The molecule has 0 saturated carbocycles. The van der Waals surface area contributed by atoms with Crippen molar-refractivity contribution >= 4 is 40.0 Å². The average Bonchev–Trinajstić information content (AvgIpc) is 1.99. The summed E-state index contributed by atoms with van der Waals surface area (Å²) in [7, 11) is 0. The number of hydrogen-bond acceptors (Lipinski definition) is 1. The molecule has 0 N–H and O–H groups in total. The Kier molecular flexibility index (Phi) is 2.94. The zero-order valence-corrected chi connectivity index (χ0v) is 7.84. The third kappa shape index (κ3) is 1.89. The summed E-state index contributed by atoms with van der Waals surface area (Å²) in [6.07, 6.45) is 0. The van der Waals surface area contributed by atoms with Crippen LogP contribution in [0, 0.1) is 5.82 Å². The molecule has 0 aliphatic rings. The molecule has 12 heavy (non-hydrogen) atoms. The maximum Gasteiger partial charge on any atom is 0.252 e. The average molecular weight is 227 g/mol. The molecule has 0 aromatic heterocycles. The number of rotatable bonds is 1. The van der Waals surface area contributed by atoms with Crippen LogP contribution in [0.2, 0.25) is 10.0 Å². The molecule has 0 aliphatic carbocycles. The summed E-state index contributed by atoms with van der Waals surface area (Å²) in [4.78, 5) is 10.6. The van der Waals surface area contributed by atoms with Gasteiger partial charge in [0.05, 0.1) is 10.0 Å². The fourth-order valence-electron chi connectivity index (χ4n) is 0.669. The molecule has 5 heteroatoms. The lowest BCUT2D eigenvalue weighted by Crippen LogP contribution is -1.91. The minimum absolute atomic E-state index is 0.0106. The van der Waals surface area contributed by atoms with E-state index in [-0.39, 0.29) is 15.6 Å². The summed E-state index contributed by atoms with van der Waals surface area (Å²) in [5.41, 5.74) is -0.0106. The van der Waals surface area contributed by atoms with E-state index in [1.54, 1.807) is 0 Å². The summed E-state index contributed by atoms with van der Waals surface area (Å²) in [5, 5.41) is -1.01. The second-order valence-electron chi connectivity index (χ2n) is 2.03. The van der Waals surface area contributed by atoms with E-state index in [9.17, 15) is 9.18 Å². The van der Waals surface area contributed by atoms with Gasteiger partial charge in [0.25, 0.3) is 5.24 Å². The summed E-state index contributed by atoms with van der Waals surface area (Å²) in [6, 6.07) is 2.14. The molecule has 1 rings (SSSR count). The van der Waals surface area contributed by atoms with Crippen molar-refractivity contribution in [1.29, 1.82) is 0 Å². The highest BCUT2D eigenvalue weighted by Crippen LogP contribution is 2.26. The van der Waals surface area contributed by atoms with Gasteiger partial charge in [0, 0.05) is 5.56 Å². The van der Waals surface area contributed by atoms with Crippen LogP contribution in [0.25, 0.3) is 0 Å². The van der Waals surface area contributed by atoms with Gasteiger partial charge in [-0.05, 0) is 23.7 Å². The van der Waals surface area contributed by atoms with Crippen LogP contribution in [0.5, 0.6) is 0 Å². The minimum Gasteiger partial charge on any atom is -0.276 e. The molecule has 1 nitrogen and oxygen atoms in total. The lowest BCUT2D eigenvalue weighted by Gasteiger charge is -1.99. The van der Waals surface area contributed by atoms with Crippen molar-refractivity contribution in [1.82, 2.24) is 0 Å². The third-order valence-corrected chi connectivity index (χ3v) is 2.21. The van der Waals surface area contributed by atoms with Crippen molar-refractivity contribution < 1.29 is 9.18 Å². The van der Waals surface area contributed by atoms with Crippen LogP contribution in [-0.4, -0.2) is 5.24 Å². The van der Waals surface area contributed by atoms with Crippen molar-refractivity contribution in [3.05, 3.63) is 33.6 Å². The smallest absolute Gasteiger partial charge is 0.252 e. The molecule has 1 aromatic carbocycles. The Bertz CT molecular complexity index is 314. The van der Waals surface area contributed by atoms with Gasteiger partial charge in [-0.2, -0.15) is 0 Å². The Labute approximate surface area is 83.0 Å². The monoisotopic (exact) mass is 226 g/mol. The van der Waals surface area contributed by atoms with Crippen molar-refractivity contribution in [2.45, 2.75) is 0 Å². The molecule has 64 valence electrons. The molecular formula is C7H2Cl3FO. The SMILES string of the molecule is O=C(Cl)c1cc(F)c(Cl)c(Cl)c1. The minimum atomic E-state index is -0.771. The first-order valence-electron chi connectivity index (χ1n) is 2.86. The summed E-state index contributed by atoms with van der Waals surface area (Å²) >= 11 is 16.0.